The first-order valence-corrected chi connectivity index (χ1v) is 5.75. The predicted octanol–water partition coefficient (Wildman–Crippen LogP) is 3.00. The number of hydrogen-bond acceptors (Lipinski definition) is 1. The molecule has 0 heterocycles. The Bertz CT molecular complexity index is 359. The Labute approximate surface area is 92.7 Å². The number of hydrogen-bond donors (Lipinski definition) is 1. The Kier molecular flexibility index (Phi) is 2.38. The monoisotopic (exact) mass is 203 g/mol. The zero-order valence-corrected chi connectivity index (χ0v) is 10.2. The van der Waals surface area contributed by atoms with Crippen LogP contribution in [0, 0.1) is 25.2 Å². The first-order chi connectivity index (χ1) is 6.96. The molecule has 1 aliphatic carbocycles. The van der Waals surface area contributed by atoms with Gasteiger partial charge in [-0.05, 0) is 43.2 Å². The van der Waals surface area contributed by atoms with E-state index < -0.39 is 0 Å². The second kappa shape index (κ2) is 3.34. The van der Waals surface area contributed by atoms with Gasteiger partial charge in [-0.25, -0.2) is 0 Å². The smallest absolute Gasteiger partial charge is 0.00375 e. The fourth-order valence-corrected chi connectivity index (χ4v) is 3.04. The predicted molar refractivity (Wildman–Crippen MR) is 65.0 cm³/mol. The summed E-state index contributed by atoms with van der Waals surface area (Å²) in [5.41, 5.74) is 10.4. The third-order valence-corrected chi connectivity index (χ3v) is 3.91. The molecule has 1 fully saturated rings. The summed E-state index contributed by atoms with van der Waals surface area (Å²) < 4.78 is 0. The average Bonchev–Trinajstić information content (AvgIpc) is 2.66. The molecule has 1 nitrogen and oxygen atoms in total. The van der Waals surface area contributed by atoms with Crippen LogP contribution < -0.4 is 5.73 Å². The van der Waals surface area contributed by atoms with Gasteiger partial charge in [0.05, 0.1) is 0 Å². The molecule has 0 aromatic heterocycles. The van der Waals surface area contributed by atoms with E-state index in [-0.39, 0.29) is 0 Å². The van der Waals surface area contributed by atoms with Crippen molar-refractivity contribution in [1.29, 1.82) is 0 Å². The Balaban J connectivity index is 2.32. The van der Waals surface area contributed by atoms with Crippen LogP contribution >= 0.6 is 0 Å². The summed E-state index contributed by atoms with van der Waals surface area (Å²) in [4.78, 5) is 0. The van der Waals surface area contributed by atoms with Gasteiger partial charge in [-0.15, -0.1) is 0 Å². The van der Waals surface area contributed by atoms with Crippen LogP contribution in [0.4, 0.5) is 0 Å². The second-order valence-electron chi connectivity index (χ2n) is 5.56. The minimum absolute atomic E-state index is 0.398. The number of benzene rings is 1. The summed E-state index contributed by atoms with van der Waals surface area (Å²) in [7, 11) is 0. The van der Waals surface area contributed by atoms with Crippen molar-refractivity contribution in [3.05, 3.63) is 34.9 Å². The molecule has 0 amide bonds. The Morgan fingerprint density at radius 1 is 1.13 bits per heavy atom. The Morgan fingerprint density at radius 2 is 1.67 bits per heavy atom. The van der Waals surface area contributed by atoms with Crippen LogP contribution in [0.25, 0.3) is 0 Å². The highest BCUT2D eigenvalue weighted by Gasteiger charge is 2.57. The first-order valence-electron chi connectivity index (χ1n) is 5.75. The molecule has 0 bridgehead atoms. The number of nitrogens with two attached hydrogens (primary N) is 1. The SMILES string of the molecule is Cc1cc(C)cc([C@@H]2[C@@H](CN)C2(C)C)c1. The fourth-order valence-electron chi connectivity index (χ4n) is 3.04. The van der Waals surface area contributed by atoms with Gasteiger partial charge in [0.2, 0.25) is 0 Å². The van der Waals surface area contributed by atoms with E-state index in [1.165, 1.54) is 16.7 Å². The third-order valence-electron chi connectivity index (χ3n) is 3.91. The summed E-state index contributed by atoms with van der Waals surface area (Å²) in [6.07, 6.45) is 0. The van der Waals surface area contributed by atoms with E-state index in [2.05, 4.69) is 45.9 Å². The van der Waals surface area contributed by atoms with E-state index in [1.54, 1.807) is 0 Å². The van der Waals surface area contributed by atoms with Crippen LogP contribution in [0.2, 0.25) is 0 Å². The highest BCUT2D eigenvalue weighted by molar-refractivity contribution is 5.37. The van der Waals surface area contributed by atoms with E-state index in [9.17, 15) is 0 Å². The van der Waals surface area contributed by atoms with Gasteiger partial charge in [0.25, 0.3) is 0 Å². The van der Waals surface area contributed by atoms with Crippen molar-refractivity contribution in [2.24, 2.45) is 17.1 Å². The number of rotatable bonds is 2. The molecule has 15 heavy (non-hydrogen) atoms. The summed E-state index contributed by atoms with van der Waals surface area (Å²) in [5.74, 6) is 1.33. The molecule has 0 spiro atoms. The van der Waals surface area contributed by atoms with Crippen molar-refractivity contribution in [2.75, 3.05) is 6.54 Å². The van der Waals surface area contributed by atoms with E-state index in [1.807, 2.05) is 0 Å². The van der Waals surface area contributed by atoms with Gasteiger partial charge in [-0.3, -0.25) is 0 Å². The fraction of sp³-hybridized carbons (Fsp3) is 0.571. The summed E-state index contributed by atoms with van der Waals surface area (Å²) >= 11 is 0. The lowest BCUT2D eigenvalue weighted by molar-refractivity contribution is 0.558. The molecule has 1 saturated carbocycles. The van der Waals surface area contributed by atoms with Crippen molar-refractivity contribution in [1.82, 2.24) is 0 Å². The molecule has 0 saturated heterocycles. The molecule has 2 N–H and O–H groups in total. The zero-order chi connectivity index (χ0) is 11.2. The summed E-state index contributed by atoms with van der Waals surface area (Å²) in [6, 6.07) is 6.86. The molecular weight excluding hydrogens is 182 g/mol. The first kappa shape index (κ1) is 10.7. The van der Waals surface area contributed by atoms with Crippen LogP contribution in [-0.2, 0) is 0 Å². The highest BCUT2D eigenvalue weighted by atomic mass is 14.7. The summed E-state index contributed by atoms with van der Waals surface area (Å²) in [6.45, 7) is 9.80. The molecule has 0 unspecified atom stereocenters. The third kappa shape index (κ3) is 1.69. The molecule has 1 heteroatoms. The standard InChI is InChI=1S/C14H21N/c1-9-5-10(2)7-11(6-9)13-12(8-15)14(13,3)4/h5-7,12-13H,8,15H2,1-4H3/t12-,13-/m1/s1. The van der Waals surface area contributed by atoms with Crippen molar-refractivity contribution in [3.8, 4) is 0 Å². The average molecular weight is 203 g/mol. The molecule has 1 aromatic rings. The molecule has 0 radical (unpaired) electrons. The van der Waals surface area contributed by atoms with Crippen molar-refractivity contribution >= 4 is 0 Å². The van der Waals surface area contributed by atoms with Crippen LogP contribution in [0.3, 0.4) is 0 Å². The van der Waals surface area contributed by atoms with Crippen LogP contribution in [-0.4, -0.2) is 6.54 Å². The minimum atomic E-state index is 0.398. The topological polar surface area (TPSA) is 26.0 Å². The second-order valence-corrected chi connectivity index (χ2v) is 5.56. The molecule has 1 aliphatic rings. The van der Waals surface area contributed by atoms with E-state index in [0.717, 1.165) is 6.54 Å². The maximum Gasteiger partial charge on any atom is -0.00375 e. The number of aryl methyl sites for hydroxylation is 2. The maximum atomic E-state index is 5.81. The van der Waals surface area contributed by atoms with Crippen molar-refractivity contribution < 1.29 is 0 Å². The van der Waals surface area contributed by atoms with Gasteiger partial charge < -0.3 is 5.73 Å². The van der Waals surface area contributed by atoms with Gasteiger partial charge in [0, 0.05) is 0 Å². The quantitative estimate of drug-likeness (QED) is 0.785. The van der Waals surface area contributed by atoms with Crippen molar-refractivity contribution in [3.63, 3.8) is 0 Å². The maximum absolute atomic E-state index is 5.81. The van der Waals surface area contributed by atoms with Gasteiger partial charge in [0.15, 0.2) is 0 Å². The molecular formula is C14H21N. The van der Waals surface area contributed by atoms with Crippen LogP contribution in [0.5, 0.6) is 0 Å². The molecule has 2 atom stereocenters. The lowest BCUT2D eigenvalue weighted by Crippen LogP contribution is -2.05. The van der Waals surface area contributed by atoms with Gasteiger partial charge >= 0.3 is 0 Å². The lowest BCUT2D eigenvalue weighted by atomic mass is 9.99. The zero-order valence-electron chi connectivity index (χ0n) is 10.2. The van der Waals surface area contributed by atoms with E-state index in [0.29, 0.717) is 17.3 Å². The normalized spacial score (nSPS) is 27.8. The van der Waals surface area contributed by atoms with Crippen LogP contribution in [0.1, 0.15) is 36.5 Å². The molecule has 2 rings (SSSR count). The molecule has 82 valence electrons. The van der Waals surface area contributed by atoms with Crippen molar-refractivity contribution in [2.45, 2.75) is 33.6 Å². The van der Waals surface area contributed by atoms with Gasteiger partial charge in [-0.1, -0.05) is 43.2 Å². The van der Waals surface area contributed by atoms with E-state index >= 15 is 0 Å². The largest absolute Gasteiger partial charge is 0.330 e. The molecule has 0 aliphatic heterocycles. The Hall–Kier alpha value is -0.820. The van der Waals surface area contributed by atoms with Gasteiger partial charge in [-0.2, -0.15) is 0 Å². The van der Waals surface area contributed by atoms with Gasteiger partial charge in [0.1, 0.15) is 0 Å². The summed E-state index contributed by atoms with van der Waals surface area (Å²) in [5, 5.41) is 0. The minimum Gasteiger partial charge on any atom is -0.330 e. The lowest BCUT2D eigenvalue weighted by Gasteiger charge is -2.06. The molecule has 1 aromatic carbocycles. The van der Waals surface area contributed by atoms with E-state index in [4.69, 9.17) is 5.73 Å². The van der Waals surface area contributed by atoms with Crippen LogP contribution in [0.15, 0.2) is 18.2 Å². The Morgan fingerprint density at radius 3 is 2.07 bits per heavy atom. The highest BCUT2D eigenvalue weighted by Crippen LogP contribution is 2.63.